The van der Waals surface area contributed by atoms with E-state index in [1.54, 1.807) is 29.2 Å². The number of nitrogens with zero attached hydrogens (tertiary/aromatic N) is 3. The van der Waals surface area contributed by atoms with Crippen LogP contribution < -0.4 is 4.90 Å². The van der Waals surface area contributed by atoms with Gasteiger partial charge in [0.1, 0.15) is 0 Å². The molecular weight excluding hydrogens is 418 g/mol. The van der Waals surface area contributed by atoms with Crippen molar-refractivity contribution >= 4 is 42.4 Å². The molecule has 0 aliphatic rings. The average Bonchev–Trinajstić information content (AvgIpc) is 3.13. The van der Waals surface area contributed by atoms with E-state index in [9.17, 15) is 13.2 Å². The fraction of sp³-hybridized carbons (Fsp3) is 0.364. The Balaban J connectivity index is 1.76. The number of thiazole rings is 1. The molecule has 30 heavy (non-hydrogen) atoms. The number of anilines is 1. The Kier molecular flexibility index (Phi) is 7.23. The van der Waals surface area contributed by atoms with Crippen LogP contribution in [0, 0.1) is 6.92 Å². The highest BCUT2D eigenvalue weighted by molar-refractivity contribution is 7.91. The average molecular weight is 446 g/mol. The highest BCUT2D eigenvalue weighted by Crippen LogP contribution is 2.29. The third-order valence-corrected chi connectivity index (χ3v) is 7.56. The number of hydrogen-bond acceptors (Lipinski definition) is 6. The first-order chi connectivity index (χ1) is 14.3. The summed E-state index contributed by atoms with van der Waals surface area (Å²) in [5, 5.41) is 0.618. The van der Waals surface area contributed by atoms with E-state index in [-0.39, 0.29) is 23.0 Å². The third-order valence-electron chi connectivity index (χ3n) is 4.77. The van der Waals surface area contributed by atoms with Crippen LogP contribution in [0.1, 0.15) is 18.4 Å². The van der Waals surface area contributed by atoms with Crippen molar-refractivity contribution in [2.75, 3.05) is 37.8 Å². The van der Waals surface area contributed by atoms with Crippen LogP contribution in [0.3, 0.4) is 0 Å². The zero-order valence-corrected chi connectivity index (χ0v) is 19.2. The Morgan fingerprint density at radius 3 is 2.40 bits per heavy atom. The van der Waals surface area contributed by atoms with Gasteiger partial charge in [-0.3, -0.25) is 9.69 Å². The van der Waals surface area contributed by atoms with Gasteiger partial charge in [0.25, 0.3) is 0 Å². The molecule has 0 aliphatic carbocycles. The number of rotatable bonds is 9. The second kappa shape index (κ2) is 9.68. The first-order valence-corrected chi connectivity index (χ1v) is 12.3. The zero-order chi connectivity index (χ0) is 21.7. The minimum absolute atomic E-state index is 0.0753. The van der Waals surface area contributed by atoms with Crippen LogP contribution in [0.2, 0.25) is 0 Å². The van der Waals surface area contributed by atoms with E-state index in [0.717, 1.165) is 28.7 Å². The molecular formula is C22H27N3O3S2. The van der Waals surface area contributed by atoms with Gasteiger partial charge in [-0.2, -0.15) is 0 Å². The Bertz CT molecular complexity index is 1070. The predicted molar refractivity (Wildman–Crippen MR) is 123 cm³/mol. The van der Waals surface area contributed by atoms with Crippen LogP contribution in [0.15, 0.2) is 53.4 Å². The number of carbonyl (C=O) groups is 1. The Labute approximate surface area is 182 Å². The van der Waals surface area contributed by atoms with Crippen molar-refractivity contribution in [1.29, 1.82) is 0 Å². The van der Waals surface area contributed by atoms with Crippen molar-refractivity contribution in [3.8, 4) is 0 Å². The largest absolute Gasteiger partial charge is 0.309 e. The van der Waals surface area contributed by atoms with Gasteiger partial charge in [-0.25, -0.2) is 13.4 Å². The lowest BCUT2D eigenvalue weighted by molar-refractivity contribution is -0.118. The molecule has 0 fully saturated rings. The molecule has 1 aromatic heterocycles. The van der Waals surface area contributed by atoms with Crippen LogP contribution in [0.25, 0.3) is 10.2 Å². The molecule has 8 heteroatoms. The quantitative estimate of drug-likeness (QED) is 0.502. The number of aromatic nitrogens is 1. The van der Waals surface area contributed by atoms with E-state index in [1.807, 2.05) is 45.3 Å². The lowest BCUT2D eigenvalue weighted by Crippen LogP contribution is -2.34. The van der Waals surface area contributed by atoms with Crippen molar-refractivity contribution in [2.45, 2.75) is 24.7 Å². The zero-order valence-electron chi connectivity index (χ0n) is 17.5. The number of carbonyl (C=O) groups excluding carboxylic acids is 1. The van der Waals surface area contributed by atoms with Crippen LogP contribution in [-0.4, -0.2) is 57.1 Å². The van der Waals surface area contributed by atoms with Gasteiger partial charge in [0, 0.05) is 13.0 Å². The molecule has 0 saturated heterocycles. The summed E-state index contributed by atoms with van der Waals surface area (Å²) in [4.78, 5) is 21.6. The second-order valence-electron chi connectivity index (χ2n) is 7.55. The monoisotopic (exact) mass is 445 g/mol. The van der Waals surface area contributed by atoms with Crippen LogP contribution in [0.4, 0.5) is 5.13 Å². The number of sulfone groups is 1. The van der Waals surface area contributed by atoms with Crippen molar-refractivity contribution in [3.63, 3.8) is 0 Å². The highest BCUT2D eigenvalue weighted by Gasteiger charge is 2.23. The lowest BCUT2D eigenvalue weighted by Gasteiger charge is -2.21. The number of fused-ring (bicyclic) bond motifs is 1. The molecule has 0 bridgehead atoms. The van der Waals surface area contributed by atoms with E-state index < -0.39 is 9.84 Å². The van der Waals surface area contributed by atoms with Crippen LogP contribution in [-0.2, 0) is 14.6 Å². The molecule has 6 nitrogen and oxygen atoms in total. The molecule has 0 saturated carbocycles. The standard InChI is InChI=1S/C22H27N3O3S2/c1-17-9-11-18(12-10-17)30(27,28)16-13-21(26)25(15-6-14-24(2)3)22-23-19-7-4-5-8-20(19)29-22/h4-5,7-12H,6,13-16H2,1-3H3. The molecule has 0 unspecified atom stereocenters. The molecule has 0 spiro atoms. The van der Waals surface area contributed by atoms with Gasteiger partial charge >= 0.3 is 0 Å². The molecule has 160 valence electrons. The van der Waals surface area contributed by atoms with E-state index in [0.29, 0.717) is 11.7 Å². The summed E-state index contributed by atoms with van der Waals surface area (Å²) < 4.78 is 26.3. The van der Waals surface area contributed by atoms with Crippen molar-refractivity contribution < 1.29 is 13.2 Å². The Morgan fingerprint density at radius 2 is 1.73 bits per heavy atom. The van der Waals surface area contributed by atoms with Crippen LogP contribution in [0.5, 0.6) is 0 Å². The molecule has 0 aliphatic heterocycles. The maximum absolute atomic E-state index is 13.0. The summed E-state index contributed by atoms with van der Waals surface area (Å²) in [6.07, 6.45) is 0.702. The third kappa shape index (κ3) is 5.65. The summed E-state index contributed by atoms with van der Waals surface area (Å²) in [6.45, 7) is 3.24. The molecule has 3 rings (SSSR count). The number of para-hydroxylation sites is 1. The van der Waals surface area contributed by atoms with Gasteiger partial charge in [-0.05, 0) is 58.3 Å². The fourth-order valence-corrected chi connectivity index (χ4v) is 5.31. The molecule has 3 aromatic rings. The molecule has 0 atom stereocenters. The van der Waals surface area contributed by atoms with Gasteiger partial charge in [-0.15, -0.1) is 0 Å². The van der Waals surface area contributed by atoms with Crippen molar-refractivity contribution in [2.24, 2.45) is 0 Å². The van der Waals surface area contributed by atoms with E-state index >= 15 is 0 Å². The Morgan fingerprint density at radius 1 is 1.03 bits per heavy atom. The first-order valence-electron chi connectivity index (χ1n) is 9.86. The number of benzene rings is 2. The summed E-state index contributed by atoms with van der Waals surface area (Å²) in [5.74, 6) is -0.437. The van der Waals surface area contributed by atoms with Gasteiger partial charge in [0.2, 0.25) is 5.91 Å². The summed E-state index contributed by atoms with van der Waals surface area (Å²) in [6, 6.07) is 14.5. The topological polar surface area (TPSA) is 70.6 Å². The van der Waals surface area contributed by atoms with E-state index in [1.165, 1.54) is 11.3 Å². The van der Waals surface area contributed by atoms with Gasteiger partial charge < -0.3 is 4.90 Å². The summed E-state index contributed by atoms with van der Waals surface area (Å²) in [5.41, 5.74) is 1.84. The maximum Gasteiger partial charge on any atom is 0.229 e. The van der Waals surface area contributed by atoms with E-state index in [2.05, 4.69) is 9.88 Å². The minimum Gasteiger partial charge on any atom is -0.309 e. The van der Waals surface area contributed by atoms with Crippen molar-refractivity contribution in [3.05, 3.63) is 54.1 Å². The normalized spacial score (nSPS) is 11.9. The summed E-state index contributed by atoms with van der Waals surface area (Å²) >= 11 is 1.45. The first kappa shape index (κ1) is 22.4. The molecule has 0 N–H and O–H groups in total. The number of amides is 1. The molecule has 2 aromatic carbocycles. The smallest absolute Gasteiger partial charge is 0.229 e. The predicted octanol–water partition coefficient (Wildman–Crippen LogP) is 3.75. The molecule has 1 amide bonds. The number of aryl methyl sites for hydroxylation is 1. The SMILES string of the molecule is Cc1ccc(S(=O)(=O)CCC(=O)N(CCCN(C)C)c2nc3ccccc3s2)cc1. The minimum atomic E-state index is -3.52. The van der Waals surface area contributed by atoms with Crippen LogP contribution >= 0.6 is 11.3 Å². The lowest BCUT2D eigenvalue weighted by atomic mass is 10.2. The highest BCUT2D eigenvalue weighted by atomic mass is 32.2. The Hall–Kier alpha value is -2.29. The maximum atomic E-state index is 13.0. The fourth-order valence-electron chi connectivity index (χ4n) is 3.07. The van der Waals surface area contributed by atoms with E-state index in [4.69, 9.17) is 0 Å². The molecule has 0 radical (unpaired) electrons. The molecule has 1 heterocycles. The summed E-state index contributed by atoms with van der Waals surface area (Å²) in [7, 11) is 0.449. The van der Waals surface area contributed by atoms with Gasteiger partial charge in [-0.1, -0.05) is 41.2 Å². The number of hydrogen-bond donors (Lipinski definition) is 0. The van der Waals surface area contributed by atoms with Gasteiger partial charge in [0.05, 0.1) is 20.9 Å². The van der Waals surface area contributed by atoms with Crippen molar-refractivity contribution in [1.82, 2.24) is 9.88 Å². The van der Waals surface area contributed by atoms with Gasteiger partial charge in [0.15, 0.2) is 15.0 Å². The second-order valence-corrected chi connectivity index (χ2v) is 10.7.